The van der Waals surface area contributed by atoms with Crippen molar-refractivity contribution in [3.05, 3.63) is 53.9 Å². The first-order valence-electron chi connectivity index (χ1n) is 4.97. The molecular weight excluding hydrogens is 214 g/mol. The predicted octanol–water partition coefficient (Wildman–Crippen LogP) is 1.72. The molecule has 1 aromatic heterocycles. The second-order valence-electron chi connectivity index (χ2n) is 3.49. The Hall–Kier alpha value is -2.67. The summed E-state index contributed by atoms with van der Waals surface area (Å²) in [4.78, 5) is 14.9. The Bertz CT molecular complexity index is 614. The number of benzene rings is 1. The van der Waals surface area contributed by atoms with Gasteiger partial charge < -0.3 is 5.73 Å². The van der Waals surface area contributed by atoms with Gasteiger partial charge in [0, 0.05) is 6.20 Å². The number of nitriles is 1. The third kappa shape index (κ3) is 2.29. The largest absolute Gasteiger partial charge is 0.364 e. The zero-order chi connectivity index (χ0) is 12.3. The minimum atomic E-state index is -0.566. The fourth-order valence-corrected chi connectivity index (χ4v) is 1.51. The maximum absolute atomic E-state index is 11.0. The number of pyridine rings is 1. The average Bonchev–Trinajstić information content (AvgIpc) is 2.39. The number of primary amides is 1. The van der Waals surface area contributed by atoms with Gasteiger partial charge in [0.2, 0.25) is 0 Å². The molecule has 4 nitrogen and oxygen atoms in total. The summed E-state index contributed by atoms with van der Waals surface area (Å²) in [5, 5.41) is 8.82. The van der Waals surface area contributed by atoms with Crippen LogP contribution in [0.3, 0.4) is 0 Å². The summed E-state index contributed by atoms with van der Waals surface area (Å²) >= 11 is 0. The van der Waals surface area contributed by atoms with Gasteiger partial charge in [0.1, 0.15) is 5.69 Å². The zero-order valence-corrected chi connectivity index (χ0v) is 8.92. The average molecular weight is 223 g/mol. The van der Waals surface area contributed by atoms with Gasteiger partial charge >= 0.3 is 0 Å². The number of aromatic nitrogens is 1. The maximum atomic E-state index is 11.0. The van der Waals surface area contributed by atoms with Crippen molar-refractivity contribution in [1.82, 2.24) is 4.98 Å². The van der Waals surface area contributed by atoms with E-state index in [2.05, 4.69) is 11.1 Å². The summed E-state index contributed by atoms with van der Waals surface area (Å²) in [6.45, 7) is 0. The van der Waals surface area contributed by atoms with Crippen LogP contribution in [0.4, 0.5) is 0 Å². The lowest BCUT2D eigenvalue weighted by atomic mass is 10.0. The molecule has 0 bridgehead atoms. The number of nitrogens with zero attached hydrogens (tertiary/aromatic N) is 2. The topological polar surface area (TPSA) is 79.8 Å². The lowest BCUT2D eigenvalue weighted by Gasteiger charge is -2.03. The predicted molar refractivity (Wildman–Crippen MR) is 62.9 cm³/mol. The van der Waals surface area contributed by atoms with Crippen molar-refractivity contribution in [2.75, 3.05) is 0 Å². The van der Waals surface area contributed by atoms with Crippen molar-refractivity contribution >= 4 is 5.91 Å². The Kier molecular flexibility index (Phi) is 2.84. The van der Waals surface area contributed by atoms with Gasteiger partial charge in [-0.15, -0.1) is 0 Å². The molecule has 2 aromatic rings. The van der Waals surface area contributed by atoms with Crippen molar-refractivity contribution in [3.63, 3.8) is 0 Å². The van der Waals surface area contributed by atoms with Crippen LogP contribution in [0, 0.1) is 11.3 Å². The molecule has 0 aliphatic carbocycles. The van der Waals surface area contributed by atoms with Crippen LogP contribution in [0.5, 0.6) is 0 Å². The second-order valence-corrected chi connectivity index (χ2v) is 3.49. The molecule has 0 saturated heterocycles. The fourth-order valence-electron chi connectivity index (χ4n) is 1.51. The fraction of sp³-hybridized carbons (Fsp3) is 0. The van der Waals surface area contributed by atoms with E-state index in [1.807, 2.05) is 6.07 Å². The summed E-state index contributed by atoms with van der Waals surface area (Å²) in [6.07, 6.45) is 1.52. The normalized spacial score (nSPS) is 9.59. The molecule has 0 fully saturated rings. The summed E-state index contributed by atoms with van der Waals surface area (Å²) in [7, 11) is 0. The molecule has 0 aliphatic rings. The van der Waals surface area contributed by atoms with Crippen LogP contribution in [-0.4, -0.2) is 10.9 Å². The summed E-state index contributed by atoms with van der Waals surface area (Å²) in [6, 6.07) is 12.6. The summed E-state index contributed by atoms with van der Waals surface area (Å²) < 4.78 is 0. The molecule has 0 saturated carbocycles. The summed E-state index contributed by atoms with van der Waals surface area (Å²) in [5.74, 6) is -0.566. The van der Waals surface area contributed by atoms with Crippen LogP contribution in [-0.2, 0) is 0 Å². The molecule has 2 rings (SSSR count). The quantitative estimate of drug-likeness (QED) is 0.841. The van der Waals surface area contributed by atoms with Crippen LogP contribution in [0.1, 0.15) is 16.1 Å². The minimum absolute atomic E-state index is 0.213. The Morgan fingerprint density at radius 2 is 2.00 bits per heavy atom. The highest BCUT2D eigenvalue weighted by Crippen LogP contribution is 2.20. The first-order valence-corrected chi connectivity index (χ1v) is 4.97. The first-order chi connectivity index (χ1) is 8.20. The van der Waals surface area contributed by atoms with Crippen molar-refractivity contribution in [3.8, 4) is 17.2 Å². The van der Waals surface area contributed by atoms with Crippen molar-refractivity contribution < 1.29 is 4.79 Å². The van der Waals surface area contributed by atoms with Gasteiger partial charge in [-0.05, 0) is 35.4 Å². The SMILES string of the molecule is N#Cc1cccc(-c2ccnc(C(N)=O)c2)c1. The van der Waals surface area contributed by atoms with Crippen LogP contribution in [0.2, 0.25) is 0 Å². The number of nitrogens with two attached hydrogens (primary N) is 1. The molecule has 17 heavy (non-hydrogen) atoms. The van der Waals surface area contributed by atoms with Gasteiger partial charge in [-0.25, -0.2) is 0 Å². The smallest absolute Gasteiger partial charge is 0.267 e. The highest BCUT2D eigenvalue weighted by molar-refractivity contribution is 5.92. The molecule has 1 aromatic carbocycles. The van der Waals surface area contributed by atoms with E-state index in [9.17, 15) is 4.79 Å². The molecule has 1 amide bonds. The van der Waals surface area contributed by atoms with Gasteiger partial charge in [0.25, 0.3) is 5.91 Å². The molecule has 0 spiro atoms. The molecule has 0 unspecified atom stereocenters. The molecular formula is C13H9N3O. The molecule has 0 atom stereocenters. The number of hydrogen-bond donors (Lipinski definition) is 1. The van der Waals surface area contributed by atoms with Gasteiger partial charge in [0.15, 0.2) is 0 Å². The molecule has 0 aliphatic heterocycles. The molecule has 4 heteroatoms. The van der Waals surface area contributed by atoms with Crippen LogP contribution in [0.25, 0.3) is 11.1 Å². The molecule has 2 N–H and O–H groups in total. The van der Waals surface area contributed by atoms with E-state index in [0.29, 0.717) is 5.56 Å². The van der Waals surface area contributed by atoms with Crippen LogP contribution in [0.15, 0.2) is 42.6 Å². The van der Waals surface area contributed by atoms with E-state index in [4.69, 9.17) is 11.0 Å². The van der Waals surface area contributed by atoms with E-state index in [1.165, 1.54) is 6.20 Å². The first kappa shape index (κ1) is 10.8. The molecule has 82 valence electrons. The van der Waals surface area contributed by atoms with Gasteiger partial charge in [-0.3, -0.25) is 9.78 Å². The van der Waals surface area contributed by atoms with Gasteiger partial charge in [0.05, 0.1) is 11.6 Å². The highest BCUT2D eigenvalue weighted by atomic mass is 16.1. The lowest BCUT2D eigenvalue weighted by molar-refractivity contribution is 0.0995. The zero-order valence-electron chi connectivity index (χ0n) is 8.92. The Labute approximate surface area is 98.3 Å². The van der Waals surface area contributed by atoms with E-state index in [-0.39, 0.29) is 5.69 Å². The van der Waals surface area contributed by atoms with Crippen LogP contribution >= 0.6 is 0 Å². The third-order valence-electron chi connectivity index (χ3n) is 2.34. The standard InChI is InChI=1S/C13H9N3O/c14-8-9-2-1-3-10(6-9)11-4-5-16-12(7-11)13(15)17/h1-7H,(H2,15,17). The lowest BCUT2D eigenvalue weighted by Crippen LogP contribution is -2.12. The van der Waals surface area contributed by atoms with E-state index >= 15 is 0 Å². The third-order valence-corrected chi connectivity index (χ3v) is 2.34. The summed E-state index contributed by atoms with van der Waals surface area (Å²) in [5.41, 5.74) is 7.61. The monoisotopic (exact) mass is 223 g/mol. The minimum Gasteiger partial charge on any atom is -0.364 e. The van der Waals surface area contributed by atoms with E-state index < -0.39 is 5.91 Å². The number of hydrogen-bond acceptors (Lipinski definition) is 3. The number of rotatable bonds is 2. The van der Waals surface area contributed by atoms with E-state index in [1.54, 1.807) is 30.3 Å². The van der Waals surface area contributed by atoms with E-state index in [0.717, 1.165) is 11.1 Å². The number of amides is 1. The van der Waals surface area contributed by atoms with Crippen LogP contribution < -0.4 is 5.73 Å². The maximum Gasteiger partial charge on any atom is 0.267 e. The van der Waals surface area contributed by atoms with Crippen molar-refractivity contribution in [2.45, 2.75) is 0 Å². The van der Waals surface area contributed by atoms with Crippen molar-refractivity contribution in [1.29, 1.82) is 5.26 Å². The Balaban J connectivity index is 2.49. The number of carbonyl (C=O) groups is 1. The highest BCUT2D eigenvalue weighted by Gasteiger charge is 2.05. The Morgan fingerprint density at radius 3 is 2.71 bits per heavy atom. The second kappa shape index (κ2) is 4.45. The van der Waals surface area contributed by atoms with Gasteiger partial charge in [-0.1, -0.05) is 12.1 Å². The molecule has 0 radical (unpaired) electrons. The Morgan fingerprint density at radius 1 is 1.24 bits per heavy atom. The molecule has 1 heterocycles. The van der Waals surface area contributed by atoms with Gasteiger partial charge in [-0.2, -0.15) is 5.26 Å². The number of carbonyl (C=O) groups excluding carboxylic acids is 1. The van der Waals surface area contributed by atoms with Crippen molar-refractivity contribution in [2.24, 2.45) is 5.73 Å².